The van der Waals surface area contributed by atoms with Gasteiger partial charge in [0, 0.05) is 30.3 Å². The fraction of sp³-hybridized carbons (Fsp3) is 0.522. The summed E-state index contributed by atoms with van der Waals surface area (Å²) >= 11 is 0. The maximum absolute atomic E-state index is 12.9. The summed E-state index contributed by atoms with van der Waals surface area (Å²) in [6, 6.07) is 8.51. The van der Waals surface area contributed by atoms with E-state index in [1.807, 2.05) is 20.8 Å². The van der Waals surface area contributed by atoms with Crippen molar-refractivity contribution in [3.8, 4) is 0 Å². The van der Waals surface area contributed by atoms with E-state index in [0.29, 0.717) is 5.56 Å². The van der Waals surface area contributed by atoms with E-state index in [2.05, 4.69) is 42.3 Å². The summed E-state index contributed by atoms with van der Waals surface area (Å²) in [7, 11) is -3.92. The molecule has 7 heteroatoms. The van der Waals surface area contributed by atoms with Gasteiger partial charge in [0.15, 0.2) is 0 Å². The Bertz CT molecular complexity index is 1050. The summed E-state index contributed by atoms with van der Waals surface area (Å²) < 4.78 is 29.8. The molecular formula is C23H34N3O3S+. The first-order chi connectivity index (χ1) is 13.7. The number of benzene rings is 1. The van der Waals surface area contributed by atoms with Gasteiger partial charge in [-0.25, -0.2) is 13.1 Å². The van der Waals surface area contributed by atoms with Crippen molar-refractivity contribution in [3.05, 3.63) is 52.8 Å². The molecule has 30 heavy (non-hydrogen) atoms. The summed E-state index contributed by atoms with van der Waals surface area (Å²) in [6.45, 7) is 14.8. The Balaban J connectivity index is 1.90. The molecule has 2 heterocycles. The third kappa shape index (κ3) is 4.62. The van der Waals surface area contributed by atoms with Crippen LogP contribution in [0.4, 0.5) is 0 Å². The van der Waals surface area contributed by atoms with Gasteiger partial charge in [0.25, 0.3) is 15.9 Å². The zero-order chi connectivity index (χ0) is 22.5. The molecule has 1 saturated heterocycles. The van der Waals surface area contributed by atoms with Gasteiger partial charge in [-0.15, -0.1) is 0 Å². The number of aryl methyl sites for hydroxylation is 2. The van der Waals surface area contributed by atoms with E-state index in [1.54, 1.807) is 18.2 Å². The molecule has 1 aromatic carbocycles. The normalized spacial score (nSPS) is 18.9. The highest BCUT2D eigenvalue weighted by Gasteiger charge is 2.43. The number of amides is 1. The Hall–Kier alpha value is -2.12. The van der Waals surface area contributed by atoms with E-state index in [1.165, 1.54) is 12.1 Å². The first-order valence-corrected chi connectivity index (χ1v) is 11.9. The standard InChI is InChI=1S/C23H33N3O3S/c1-15-8-10-19(11-9-15)30(28,29)24-21(27)20-12-16(2)26(17(20)3)18-13-22(4,5)25-23(6,7)14-18/h8-12,18,25H,13-14H2,1-7H3,(H,24,27)/p+1. The Labute approximate surface area is 180 Å². The molecule has 1 aromatic heterocycles. The van der Waals surface area contributed by atoms with Crippen molar-refractivity contribution in [1.82, 2.24) is 9.29 Å². The minimum absolute atomic E-state index is 0.0848. The quantitative estimate of drug-likeness (QED) is 0.779. The van der Waals surface area contributed by atoms with E-state index in [-0.39, 0.29) is 22.0 Å². The molecule has 1 fully saturated rings. The molecule has 0 atom stereocenters. The lowest BCUT2D eigenvalue weighted by molar-refractivity contribution is -0.789. The predicted octanol–water partition coefficient (Wildman–Crippen LogP) is 2.99. The molecule has 0 aliphatic carbocycles. The summed E-state index contributed by atoms with van der Waals surface area (Å²) in [5.41, 5.74) is 3.33. The Morgan fingerprint density at radius 1 is 1.03 bits per heavy atom. The highest BCUT2D eigenvalue weighted by atomic mass is 32.2. The van der Waals surface area contributed by atoms with Gasteiger partial charge >= 0.3 is 0 Å². The van der Waals surface area contributed by atoms with Crippen LogP contribution in [0, 0.1) is 20.8 Å². The van der Waals surface area contributed by atoms with Crippen LogP contribution in [0.5, 0.6) is 0 Å². The van der Waals surface area contributed by atoms with Crippen LogP contribution in [0.25, 0.3) is 0 Å². The van der Waals surface area contributed by atoms with Gasteiger partial charge in [0.05, 0.1) is 21.5 Å². The van der Waals surface area contributed by atoms with Crippen LogP contribution in [-0.2, 0) is 10.0 Å². The number of aromatic nitrogens is 1. The number of sulfonamides is 1. The third-order valence-electron chi connectivity index (χ3n) is 5.96. The molecule has 0 unspecified atom stereocenters. The van der Waals surface area contributed by atoms with Gasteiger partial charge in [-0.05, 0) is 66.7 Å². The molecule has 6 nitrogen and oxygen atoms in total. The molecule has 3 N–H and O–H groups in total. The molecule has 1 amide bonds. The van der Waals surface area contributed by atoms with Gasteiger partial charge in [0.2, 0.25) is 0 Å². The molecule has 1 aliphatic rings. The second kappa shape index (κ2) is 7.54. The lowest BCUT2D eigenvalue weighted by Crippen LogP contribution is -3.05. The summed E-state index contributed by atoms with van der Waals surface area (Å²) in [6.07, 6.45) is 1.96. The fourth-order valence-corrected chi connectivity index (χ4v) is 6.13. The largest absolute Gasteiger partial charge is 0.345 e. The van der Waals surface area contributed by atoms with Gasteiger partial charge in [-0.1, -0.05) is 17.7 Å². The van der Waals surface area contributed by atoms with Crippen molar-refractivity contribution >= 4 is 15.9 Å². The van der Waals surface area contributed by atoms with Crippen molar-refractivity contribution < 1.29 is 18.5 Å². The number of hydrogen-bond donors (Lipinski definition) is 2. The van der Waals surface area contributed by atoms with Gasteiger partial charge < -0.3 is 9.88 Å². The van der Waals surface area contributed by atoms with Gasteiger partial charge in [-0.2, -0.15) is 0 Å². The maximum atomic E-state index is 12.9. The smallest absolute Gasteiger partial charge is 0.266 e. The lowest BCUT2D eigenvalue weighted by Gasteiger charge is -2.44. The van der Waals surface area contributed by atoms with Gasteiger partial charge in [-0.3, -0.25) is 4.79 Å². The first kappa shape index (κ1) is 22.6. The fourth-order valence-electron chi connectivity index (χ4n) is 5.17. The van der Waals surface area contributed by atoms with E-state index in [9.17, 15) is 13.2 Å². The molecular weight excluding hydrogens is 398 g/mol. The molecule has 0 saturated carbocycles. The molecule has 0 spiro atoms. The number of carbonyl (C=O) groups is 1. The highest BCUT2D eigenvalue weighted by Crippen LogP contribution is 2.34. The Kier molecular flexibility index (Phi) is 5.67. The molecule has 0 radical (unpaired) electrons. The minimum atomic E-state index is -3.92. The highest BCUT2D eigenvalue weighted by molar-refractivity contribution is 7.90. The second-order valence-electron chi connectivity index (χ2n) is 10.1. The average Bonchev–Trinajstić information content (AvgIpc) is 2.86. The zero-order valence-electron chi connectivity index (χ0n) is 19.0. The lowest BCUT2D eigenvalue weighted by atomic mass is 9.79. The SMILES string of the molecule is Cc1ccc(S(=O)(=O)NC(=O)c2cc(C)n(C3CC(C)(C)[NH2+]C(C)(C)C3)c2C)cc1. The van der Waals surface area contributed by atoms with E-state index in [0.717, 1.165) is 29.8 Å². The Morgan fingerprint density at radius 3 is 2.10 bits per heavy atom. The van der Waals surface area contributed by atoms with Crippen molar-refractivity contribution in [2.75, 3.05) is 0 Å². The van der Waals surface area contributed by atoms with Crippen molar-refractivity contribution in [3.63, 3.8) is 0 Å². The number of carbonyl (C=O) groups excluding carboxylic acids is 1. The number of nitrogens with one attached hydrogen (secondary N) is 1. The summed E-state index contributed by atoms with van der Waals surface area (Å²) in [5, 5.41) is 2.42. The number of piperidine rings is 1. The topological polar surface area (TPSA) is 84.8 Å². The van der Waals surface area contributed by atoms with Crippen LogP contribution < -0.4 is 10.0 Å². The number of nitrogens with zero attached hydrogens (tertiary/aromatic N) is 1. The first-order valence-electron chi connectivity index (χ1n) is 10.4. The summed E-state index contributed by atoms with van der Waals surface area (Å²) in [5.74, 6) is -0.587. The van der Waals surface area contributed by atoms with Crippen molar-refractivity contribution in [1.29, 1.82) is 0 Å². The van der Waals surface area contributed by atoms with E-state index < -0.39 is 15.9 Å². The van der Waals surface area contributed by atoms with Crippen LogP contribution in [0.1, 0.15) is 73.9 Å². The minimum Gasteiger partial charge on any atom is -0.345 e. The number of nitrogens with two attached hydrogens (primary N) is 1. The Morgan fingerprint density at radius 2 is 1.57 bits per heavy atom. The second-order valence-corrected chi connectivity index (χ2v) is 11.8. The molecule has 3 rings (SSSR count). The van der Waals surface area contributed by atoms with Crippen LogP contribution in [0.15, 0.2) is 35.2 Å². The average molecular weight is 433 g/mol. The van der Waals surface area contributed by atoms with E-state index in [4.69, 9.17) is 0 Å². The maximum Gasteiger partial charge on any atom is 0.266 e. The number of hydrogen-bond acceptors (Lipinski definition) is 3. The number of quaternary nitrogens is 1. The molecule has 164 valence electrons. The van der Waals surface area contributed by atoms with Crippen molar-refractivity contribution in [2.45, 2.75) is 83.3 Å². The van der Waals surface area contributed by atoms with Crippen LogP contribution in [0.3, 0.4) is 0 Å². The number of rotatable bonds is 4. The molecule has 1 aliphatic heterocycles. The monoisotopic (exact) mass is 432 g/mol. The third-order valence-corrected chi connectivity index (χ3v) is 7.30. The van der Waals surface area contributed by atoms with Crippen LogP contribution in [0.2, 0.25) is 0 Å². The van der Waals surface area contributed by atoms with Crippen LogP contribution in [-0.4, -0.2) is 30.0 Å². The van der Waals surface area contributed by atoms with Crippen LogP contribution >= 0.6 is 0 Å². The van der Waals surface area contributed by atoms with E-state index >= 15 is 0 Å². The zero-order valence-corrected chi connectivity index (χ0v) is 19.9. The molecule has 2 aromatic rings. The molecule has 0 bridgehead atoms. The summed E-state index contributed by atoms with van der Waals surface area (Å²) in [4.78, 5) is 13.0. The van der Waals surface area contributed by atoms with Crippen molar-refractivity contribution in [2.24, 2.45) is 0 Å². The van der Waals surface area contributed by atoms with Gasteiger partial charge in [0.1, 0.15) is 0 Å². The predicted molar refractivity (Wildman–Crippen MR) is 118 cm³/mol.